The molecule has 0 saturated heterocycles. The Bertz CT molecular complexity index is 2890. The maximum Gasteiger partial charge on any atom is 0.0474 e. The normalized spacial score (nSPS) is 11.3. The molecule has 55 heavy (non-hydrogen) atoms. The van der Waals surface area contributed by atoms with Crippen LogP contribution in [0, 0.1) is 0 Å². The molecule has 0 aromatic heterocycles. The Balaban J connectivity index is 1.23. The van der Waals surface area contributed by atoms with Crippen LogP contribution in [0.25, 0.3) is 76.8 Å². The van der Waals surface area contributed by atoms with Gasteiger partial charge >= 0.3 is 0 Å². The first kappa shape index (κ1) is 32.4. The summed E-state index contributed by atoms with van der Waals surface area (Å²) in [6, 6.07) is 81.6. The second kappa shape index (κ2) is 14.0. The van der Waals surface area contributed by atoms with Crippen LogP contribution in [0.4, 0.5) is 17.1 Å². The van der Waals surface area contributed by atoms with Crippen LogP contribution in [-0.4, -0.2) is 0 Å². The molecule has 0 radical (unpaired) electrons. The molecule has 258 valence electrons. The SMILES string of the molecule is c1ccc(-c2ccc3ccc(N(c4ccccc4)c4cc(-c5ccccc5)c(-c5ccc6c(ccc7ccccc76)c5)c(-c5ccccc5)c4)cc3c2)cc1. The molecule has 1 nitrogen and oxygen atoms in total. The third kappa shape index (κ3) is 6.12. The molecule has 0 bridgehead atoms. The Morgan fingerprint density at radius 2 is 0.745 bits per heavy atom. The summed E-state index contributed by atoms with van der Waals surface area (Å²) in [5, 5.41) is 7.45. The summed E-state index contributed by atoms with van der Waals surface area (Å²) in [7, 11) is 0. The number of anilines is 3. The molecule has 10 aromatic rings. The Labute approximate surface area is 322 Å². The molecule has 0 atom stereocenters. The number of para-hydroxylation sites is 1. The van der Waals surface area contributed by atoms with Crippen molar-refractivity contribution in [2.24, 2.45) is 0 Å². The number of nitrogens with zero attached hydrogens (tertiary/aromatic N) is 1. The van der Waals surface area contributed by atoms with Gasteiger partial charge in [0, 0.05) is 17.1 Å². The molecule has 1 heteroatoms. The fraction of sp³-hybridized carbons (Fsp3) is 0. The molecule has 0 saturated carbocycles. The second-order valence-electron chi connectivity index (χ2n) is 14.2. The van der Waals surface area contributed by atoms with Gasteiger partial charge in [0.15, 0.2) is 0 Å². The third-order valence-electron chi connectivity index (χ3n) is 10.8. The van der Waals surface area contributed by atoms with E-state index < -0.39 is 0 Å². The maximum absolute atomic E-state index is 2.41. The van der Waals surface area contributed by atoms with Crippen LogP contribution in [0.15, 0.2) is 224 Å². The summed E-state index contributed by atoms with van der Waals surface area (Å²) < 4.78 is 0. The van der Waals surface area contributed by atoms with Crippen molar-refractivity contribution in [3.8, 4) is 44.5 Å². The molecule has 0 fully saturated rings. The van der Waals surface area contributed by atoms with E-state index in [0.29, 0.717) is 0 Å². The average Bonchev–Trinajstić information content (AvgIpc) is 3.27. The Morgan fingerprint density at radius 3 is 1.44 bits per heavy atom. The minimum Gasteiger partial charge on any atom is -0.310 e. The van der Waals surface area contributed by atoms with Crippen molar-refractivity contribution >= 4 is 49.4 Å². The fourth-order valence-electron chi connectivity index (χ4n) is 8.13. The lowest BCUT2D eigenvalue weighted by molar-refractivity contribution is 1.29. The van der Waals surface area contributed by atoms with Crippen LogP contribution < -0.4 is 4.90 Å². The van der Waals surface area contributed by atoms with Crippen molar-refractivity contribution < 1.29 is 0 Å². The predicted molar refractivity (Wildman–Crippen MR) is 235 cm³/mol. The molecule has 0 aliphatic carbocycles. The first-order valence-electron chi connectivity index (χ1n) is 18.9. The van der Waals surface area contributed by atoms with Gasteiger partial charge in [0.2, 0.25) is 0 Å². The fourth-order valence-corrected chi connectivity index (χ4v) is 8.13. The van der Waals surface area contributed by atoms with E-state index in [2.05, 4.69) is 229 Å². The molecule has 0 aliphatic rings. The summed E-state index contributed by atoms with van der Waals surface area (Å²) in [6.07, 6.45) is 0. The van der Waals surface area contributed by atoms with E-state index in [4.69, 9.17) is 0 Å². The standard InChI is InChI=1S/C54H37N/c1-5-15-38(16-6-1)43-27-25-39-29-31-48(35-46(39)33-43)55(47-22-11-4-12-23-47)49-36-52(40-17-7-2-8-18-40)54(53(37-49)41-19-9-3-10-20-41)45-30-32-51-44(34-45)28-26-42-21-13-14-24-50(42)51/h1-37H. The van der Waals surface area contributed by atoms with Crippen LogP contribution in [0.2, 0.25) is 0 Å². The maximum atomic E-state index is 2.41. The zero-order chi connectivity index (χ0) is 36.6. The van der Waals surface area contributed by atoms with Gasteiger partial charge in [-0.3, -0.25) is 0 Å². The summed E-state index contributed by atoms with van der Waals surface area (Å²) in [5.74, 6) is 0. The van der Waals surface area contributed by atoms with Gasteiger partial charge in [-0.1, -0.05) is 176 Å². The average molecular weight is 700 g/mol. The quantitative estimate of drug-likeness (QED) is 0.150. The van der Waals surface area contributed by atoms with Crippen LogP contribution in [0.5, 0.6) is 0 Å². The number of hydrogen-bond acceptors (Lipinski definition) is 1. The highest BCUT2D eigenvalue weighted by Crippen LogP contribution is 2.47. The van der Waals surface area contributed by atoms with Gasteiger partial charge in [0.25, 0.3) is 0 Å². The van der Waals surface area contributed by atoms with E-state index in [1.165, 1.54) is 76.8 Å². The Hall–Kier alpha value is -7.22. The van der Waals surface area contributed by atoms with Crippen LogP contribution in [0.3, 0.4) is 0 Å². The van der Waals surface area contributed by atoms with Crippen LogP contribution >= 0.6 is 0 Å². The number of benzene rings is 10. The van der Waals surface area contributed by atoms with Gasteiger partial charge in [-0.25, -0.2) is 0 Å². The van der Waals surface area contributed by atoms with Gasteiger partial charge in [0.05, 0.1) is 0 Å². The zero-order valence-electron chi connectivity index (χ0n) is 30.3. The van der Waals surface area contributed by atoms with Crippen molar-refractivity contribution in [3.63, 3.8) is 0 Å². The summed E-state index contributed by atoms with van der Waals surface area (Å²) in [6.45, 7) is 0. The van der Waals surface area contributed by atoms with Crippen molar-refractivity contribution in [2.45, 2.75) is 0 Å². The molecule has 10 aromatic carbocycles. The van der Waals surface area contributed by atoms with E-state index in [0.717, 1.165) is 17.1 Å². The van der Waals surface area contributed by atoms with Gasteiger partial charge in [-0.05, 0) is 125 Å². The molecule has 10 rings (SSSR count). The van der Waals surface area contributed by atoms with E-state index in [9.17, 15) is 0 Å². The minimum atomic E-state index is 1.10. The van der Waals surface area contributed by atoms with Crippen LogP contribution in [0.1, 0.15) is 0 Å². The second-order valence-corrected chi connectivity index (χ2v) is 14.2. The highest BCUT2D eigenvalue weighted by molar-refractivity contribution is 6.10. The van der Waals surface area contributed by atoms with E-state index >= 15 is 0 Å². The van der Waals surface area contributed by atoms with E-state index in [-0.39, 0.29) is 0 Å². The van der Waals surface area contributed by atoms with Crippen molar-refractivity contribution in [3.05, 3.63) is 224 Å². The van der Waals surface area contributed by atoms with E-state index in [1.807, 2.05) is 0 Å². The first-order chi connectivity index (χ1) is 27.3. The lowest BCUT2D eigenvalue weighted by Gasteiger charge is -2.28. The molecule has 0 amide bonds. The Kier molecular flexibility index (Phi) is 8.24. The lowest BCUT2D eigenvalue weighted by atomic mass is 9.85. The number of fused-ring (bicyclic) bond motifs is 4. The topological polar surface area (TPSA) is 3.24 Å². The largest absolute Gasteiger partial charge is 0.310 e. The number of rotatable bonds is 7. The van der Waals surface area contributed by atoms with Crippen molar-refractivity contribution in [2.75, 3.05) is 4.90 Å². The summed E-state index contributed by atoms with van der Waals surface area (Å²) >= 11 is 0. The van der Waals surface area contributed by atoms with E-state index in [1.54, 1.807) is 0 Å². The monoisotopic (exact) mass is 699 g/mol. The van der Waals surface area contributed by atoms with Crippen LogP contribution in [-0.2, 0) is 0 Å². The Morgan fingerprint density at radius 1 is 0.236 bits per heavy atom. The summed E-state index contributed by atoms with van der Waals surface area (Å²) in [4.78, 5) is 2.41. The number of hydrogen-bond donors (Lipinski definition) is 0. The highest BCUT2D eigenvalue weighted by Gasteiger charge is 2.21. The molecule has 0 spiro atoms. The molecule has 0 N–H and O–H groups in total. The molecular weight excluding hydrogens is 663 g/mol. The lowest BCUT2D eigenvalue weighted by Crippen LogP contribution is -2.10. The van der Waals surface area contributed by atoms with Crippen molar-refractivity contribution in [1.82, 2.24) is 0 Å². The highest BCUT2D eigenvalue weighted by atomic mass is 15.1. The van der Waals surface area contributed by atoms with Crippen molar-refractivity contribution in [1.29, 1.82) is 0 Å². The predicted octanol–water partition coefficient (Wildman–Crippen LogP) is 15.3. The third-order valence-corrected chi connectivity index (χ3v) is 10.8. The first-order valence-corrected chi connectivity index (χ1v) is 18.9. The van der Waals surface area contributed by atoms with Gasteiger partial charge in [-0.2, -0.15) is 0 Å². The minimum absolute atomic E-state index is 1.10. The molecule has 0 heterocycles. The smallest absolute Gasteiger partial charge is 0.0474 e. The summed E-state index contributed by atoms with van der Waals surface area (Å²) in [5.41, 5.74) is 12.9. The van der Waals surface area contributed by atoms with Gasteiger partial charge in [-0.15, -0.1) is 0 Å². The molecular formula is C54H37N. The van der Waals surface area contributed by atoms with Gasteiger partial charge in [0.1, 0.15) is 0 Å². The van der Waals surface area contributed by atoms with Gasteiger partial charge < -0.3 is 4.90 Å². The zero-order valence-corrected chi connectivity index (χ0v) is 30.3. The molecule has 0 unspecified atom stereocenters. The molecule has 0 aliphatic heterocycles.